The number of hydrogen-bond donors (Lipinski definition) is 0. The fourth-order valence-electron chi connectivity index (χ4n) is 2.49. The third-order valence-electron chi connectivity index (χ3n) is 3.79. The van der Waals surface area contributed by atoms with Crippen molar-refractivity contribution >= 4 is 38.7 Å². The summed E-state index contributed by atoms with van der Waals surface area (Å²) in [5.41, 5.74) is -0.100. The number of nitro benzene ring substituents is 1. The van der Waals surface area contributed by atoms with Crippen molar-refractivity contribution in [1.82, 2.24) is 0 Å². The molecule has 0 bridgehead atoms. The van der Waals surface area contributed by atoms with Crippen molar-refractivity contribution in [2.75, 3.05) is 0 Å². The van der Waals surface area contributed by atoms with Crippen LogP contribution in [0.5, 0.6) is 11.5 Å². The first-order chi connectivity index (χ1) is 13.3. The molecule has 28 heavy (non-hydrogen) atoms. The van der Waals surface area contributed by atoms with Crippen LogP contribution in [0.15, 0.2) is 71.6 Å². The Kier molecular flexibility index (Phi) is 5.88. The molecule has 9 heteroatoms. The van der Waals surface area contributed by atoms with E-state index < -0.39 is 14.8 Å². The summed E-state index contributed by atoms with van der Waals surface area (Å²) >= 11 is 11.9. The number of nitrogens with zero attached hydrogens (tertiary/aromatic N) is 1. The molecule has 6 nitrogen and oxygen atoms in total. The van der Waals surface area contributed by atoms with Crippen molar-refractivity contribution in [3.05, 3.63) is 92.5 Å². The van der Waals surface area contributed by atoms with Crippen molar-refractivity contribution in [2.24, 2.45) is 0 Å². The molecule has 0 unspecified atom stereocenters. The second-order valence-corrected chi connectivity index (χ2v) is 8.64. The number of hydrogen-bond acceptors (Lipinski definition) is 5. The molecular formula is C19H13Cl2NO5S. The van der Waals surface area contributed by atoms with Gasteiger partial charge in [0, 0.05) is 11.1 Å². The van der Waals surface area contributed by atoms with Crippen LogP contribution >= 0.6 is 23.2 Å². The summed E-state index contributed by atoms with van der Waals surface area (Å²) < 4.78 is 30.6. The molecule has 144 valence electrons. The molecule has 0 saturated heterocycles. The van der Waals surface area contributed by atoms with Gasteiger partial charge in [-0.2, -0.15) is 0 Å². The molecule has 0 spiro atoms. The van der Waals surface area contributed by atoms with Gasteiger partial charge in [-0.25, -0.2) is 8.42 Å². The zero-order valence-electron chi connectivity index (χ0n) is 14.2. The zero-order chi connectivity index (χ0) is 20.3. The van der Waals surface area contributed by atoms with Crippen LogP contribution in [-0.4, -0.2) is 13.3 Å². The van der Waals surface area contributed by atoms with Crippen molar-refractivity contribution < 1.29 is 18.1 Å². The molecule has 0 saturated carbocycles. The molecule has 0 aliphatic heterocycles. The fourth-order valence-corrected chi connectivity index (χ4v) is 4.29. The highest BCUT2D eigenvalue weighted by molar-refractivity contribution is 7.90. The van der Waals surface area contributed by atoms with Gasteiger partial charge in [0.05, 0.1) is 20.6 Å². The van der Waals surface area contributed by atoms with Crippen molar-refractivity contribution in [2.45, 2.75) is 10.6 Å². The summed E-state index contributed by atoms with van der Waals surface area (Å²) in [7, 11) is -3.64. The number of rotatable bonds is 6. The van der Waals surface area contributed by atoms with Gasteiger partial charge in [0.25, 0.3) is 0 Å². The summed E-state index contributed by atoms with van der Waals surface area (Å²) in [5.74, 6) is -0.242. The number of ether oxygens (including phenoxy) is 1. The highest BCUT2D eigenvalue weighted by Crippen LogP contribution is 2.37. The summed E-state index contributed by atoms with van der Waals surface area (Å²) in [6.07, 6.45) is 0. The minimum absolute atomic E-state index is 0.0601. The predicted octanol–water partition coefficient (Wildman–Crippen LogP) is 5.67. The van der Waals surface area contributed by atoms with Gasteiger partial charge in [-0.05, 0) is 42.0 Å². The zero-order valence-corrected chi connectivity index (χ0v) is 16.5. The summed E-state index contributed by atoms with van der Waals surface area (Å²) in [6, 6.07) is 16.4. The Labute approximate surface area is 171 Å². The van der Waals surface area contributed by atoms with Gasteiger partial charge in [-0.15, -0.1) is 0 Å². The maximum atomic E-state index is 12.5. The normalized spacial score (nSPS) is 11.2. The average Bonchev–Trinajstić information content (AvgIpc) is 2.65. The monoisotopic (exact) mass is 437 g/mol. The fraction of sp³-hybridized carbons (Fsp3) is 0.0526. The van der Waals surface area contributed by atoms with Crippen LogP contribution in [0.4, 0.5) is 5.69 Å². The van der Waals surface area contributed by atoms with Crippen LogP contribution in [0, 0.1) is 10.1 Å². The lowest BCUT2D eigenvalue weighted by Gasteiger charge is -2.10. The summed E-state index contributed by atoms with van der Waals surface area (Å²) in [6.45, 7) is 0. The van der Waals surface area contributed by atoms with E-state index in [4.69, 9.17) is 27.9 Å². The maximum absolute atomic E-state index is 12.5. The van der Waals surface area contributed by atoms with E-state index >= 15 is 0 Å². The van der Waals surface area contributed by atoms with Crippen LogP contribution in [-0.2, 0) is 15.6 Å². The lowest BCUT2D eigenvalue weighted by atomic mass is 10.2. The molecule has 0 fully saturated rings. The highest BCUT2D eigenvalue weighted by Gasteiger charge is 2.21. The molecule has 3 aromatic rings. The quantitative estimate of drug-likeness (QED) is 0.366. The first-order valence-corrected chi connectivity index (χ1v) is 10.3. The molecule has 0 aliphatic carbocycles. The molecule has 0 heterocycles. The van der Waals surface area contributed by atoms with Crippen molar-refractivity contribution in [3.8, 4) is 11.5 Å². The van der Waals surface area contributed by atoms with Crippen LogP contribution in [0.1, 0.15) is 5.56 Å². The van der Waals surface area contributed by atoms with E-state index in [0.29, 0.717) is 5.02 Å². The van der Waals surface area contributed by atoms with E-state index in [1.165, 1.54) is 48.5 Å². The first kappa shape index (κ1) is 20.1. The van der Waals surface area contributed by atoms with E-state index in [9.17, 15) is 18.5 Å². The first-order valence-electron chi connectivity index (χ1n) is 7.94. The van der Waals surface area contributed by atoms with Gasteiger partial charge < -0.3 is 4.74 Å². The van der Waals surface area contributed by atoms with Crippen LogP contribution < -0.4 is 4.74 Å². The van der Waals surface area contributed by atoms with Crippen LogP contribution in [0.25, 0.3) is 0 Å². The second kappa shape index (κ2) is 8.18. The summed E-state index contributed by atoms with van der Waals surface area (Å²) in [5, 5.41) is 12.0. The third kappa shape index (κ3) is 4.62. The molecule has 0 aromatic heterocycles. The van der Waals surface area contributed by atoms with E-state index in [1.54, 1.807) is 18.2 Å². The van der Waals surface area contributed by atoms with E-state index in [1.807, 2.05) is 0 Å². The Morgan fingerprint density at radius 2 is 1.61 bits per heavy atom. The minimum Gasteiger partial charge on any atom is -0.449 e. The lowest BCUT2D eigenvalue weighted by Crippen LogP contribution is -2.05. The lowest BCUT2D eigenvalue weighted by molar-refractivity contribution is -0.385. The molecule has 0 radical (unpaired) electrons. The third-order valence-corrected chi connectivity index (χ3v) is 6.03. The van der Waals surface area contributed by atoms with Gasteiger partial charge >= 0.3 is 5.69 Å². The Morgan fingerprint density at radius 1 is 0.929 bits per heavy atom. The second-order valence-electron chi connectivity index (χ2n) is 5.81. The Morgan fingerprint density at radius 3 is 2.25 bits per heavy atom. The van der Waals surface area contributed by atoms with E-state index in [-0.39, 0.29) is 38.4 Å². The highest BCUT2D eigenvalue weighted by atomic mass is 35.5. The Bertz CT molecular complexity index is 1130. The maximum Gasteiger partial charge on any atom is 0.311 e. The smallest absolute Gasteiger partial charge is 0.311 e. The van der Waals surface area contributed by atoms with Crippen LogP contribution in [0.3, 0.4) is 0 Å². The molecule has 3 rings (SSSR count). The SMILES string of the molecule is O=[N+]([O-])c1cc(CS(=O)(=O)c2ccccc2)ccc1Oc1ccc(Cl)cc1Cl. The number of halogens is 2. The van der Waals surface area contributed by atoms with Crippen molar-refractivity contribution in [3.63, 3.8) is 0 Å². The molecule has 0 atom stereocenters. The summed E-state index contributed by atoms with van der Waals surface area (Å²) in [4.78, 5) is 11.0. The largest absolute Gasteiger partial charge is 0.449 e. The molecule has 0 N–H and O–H groups in total. The van der Waals surface area contributed by atoms with Crippen LogP contribution in [0.2, 0.25) is 10.0 Å². The number of sulfone groups is 1. The standard InChI is InChI=1S/C19H13Cl2NO5S/c20-14-7-9-18(16(21)11-14)27-19-8-6-13(10-17(19)22(23)24)12-28(25,26)15-4-2-1-3-5-15/h1-11H,12H2. The number of benzene rings is 3. The van der Waals surface area contributed by atoms with Gasteiger partial charge in [0.1, 0.15) is 5.75 Å². The minimum atomic E-state index is -3.64. The Balaban J connectivity index is 1.92. The van der Waals surface area contributed by atoms with Gasteiger partial charge in [-0.1, -0.05) is 47.5 Å². The average molecular weight is 438 g/mol. The number of nitro groups is 1. The predicted molar refractivity (Wildman–Crippen MR) is 107 cm³/mol. The van der Waals surface area contributed by atoms with Crippen molar-refractivity contribution in [1.29, 1.82) is 0 Å². The van der Waals surface area contributed by atoms with Gasteiger partial charge in [0.15, 0.2) is 9.84 Å². The van der Waals surface area contributed by atoms with Gasteiger partial charge in [-0.3, -0.25) is 10.1 Å². The Hall–Kier alpha value is -2.61. The molecular weight excluding hydrogens is 425 g/mol. The molecule has 3 aromatic carbocycles. The van der Waals surface area contributed by atoms with E-state index in [2.05, 4.69) is 0 Å². The molecule has 0 aliphatic rings. The molecule has 0 amide bonds. The van der Waals surface area contributed by atoms with Gasteiger partial charge in [0.2, 0.25) is 5.75 Å². The van der Waals surface area contributed by atoms with E-state index in [0.717, 1.165) is 0 Å². The topological polar surface area (TPSA) is 86.5 Å².